The molecular formula is C13H16BrN3O. The summed E-state index contributed by atoms with van der Waals surface area (Å²) in [6, 6.07) is 6.02. The highest BCUT2D eigenvalue weighted by Crippen LogP contribution is 2.28. The molecule has 1 aliphatic rings. The van der Waals surface area contributed by atoms with Crippen molar-refractivity contribution in [3.8, 4) is 0 Å². The Labute approximate surface area is 114 Å². The average Bonchev–Trinajstić information content (AvgIpc) is 3.10. The number of imidazole rings is 1. The Morgan fingerprint density at radius 3 is 3.06 bits per heavy atom. The third-order valence-electron chi connectivity index (χ3n) is 3.25. The number of anilines is 1. The van der Waals surface area contributed by atoms with Crippen molar-refractivity contribution in [1.82, 2.24) is 9.55 Å². The monoisotopic (exact) mass is 309 g/mol. The number of halogens is 1. The fourth-order valence-electron chi connectivity index (χ4n) is 2.05. The zero-order chi connectivity index (χ0) is 12.5. The molecular weight excluding hydrogens is 294 g/mol. The summed E-state index contributed by atoms with van der Waals surface area (Å²) in [5.41, 5.74) is 7.92. The fourth-order valence-corrected chi connectivity index (χ4v) is 2.40. The highest BCUT2D eigenvalue weighted by atomic mass is 79.9. The Morgan fingerprint density at radius 2 is 2.28 bits per heavy atom. The van der Waals surface area contributed by atoms with Gasteiger partial charge in [-0.2, -0.15) is 0 Å². The van der Waals surface area contributed by atoms with Gasteiger partial charge in [-0.25, -0.2) is 4.98 Å². The average molecular weight is 310 g/mol. The van der Waals surface area contributed by atoms with Crippen molar-refractivity contribution in [2.75, 3.05) is 18.9 Å². The lowest BCUT2D eigenvalue weighted by Crippen LogP contribution is -2.10. The molecule has 1 aromatic carbocycles. The number of hydrogen-bond acceptors (Lipinski definition) is 3. The van der Waals surface area contributed by atoms with Crippen molar-refractivity contribution in [1.29, 1.82) is 0 Å². The normalized spacial score (nSPS) is 15.4. The highest BCUT2D eigenvalue weighted by Gasteiger charge is 2.21. The maximum absolute atomic E-state index is 5.94. The van der Waals surface area contributed by atoms with E-state index in [0.717, 1.165) is 34.6 Å². The van der Waals surface area contributed by atoms with Gasteiger partial charge in [0.15, 0.2) is 0 Å². The largest absolute Gasteiger partial charge is 0.379 e. The molecule has 0 bridgehead atoms. The van der Waals surface area contributed by atoms with E-state index in [-0.39, 0.29) is 0 Å². The van der Waals surface area contributed by atoms with Crippen molar-refractivity contribution < 1.29 is 4.74 Å². The van der Waals surface area contributed by atoms with Gasteiger partial charge < -0.3 is 15.0 Å². The minimum atomic E-state index is 0.554. The molecule has 0 radical (unpaired) electrons. The molecule has 96 valence electrons. The zero-order valence-corrected chi connectivity index (χ0v) is 11.7. The van der Waals surface area contributed by atoms with Gasteiger partial charge in [-0.15, -0.1) is 0 Å². The molecule has 0 saturated heterocycles. The van der Waals surface area contributed by atoms with Crippen molar-refractivity contribution in [2.45, 2.75) is 19.4 Å². The van der Waals surface area contributed by atoms with Crippen molar-refractivity contribution in [3.05, 3.63) is 22.7 Å². The molecule has 3 rings (SSSR count). The molecule has 2 aromatic rings. The first kappa shape index (κ1) is 12.0. The molecule has 4 nitrogen and oxygen atoms in total. The van der Waals surface area contributed by atoms with Crippen LogP contribution in [0.2, 0.25) is 0 Å². The predicted octanol–water partition coefficient (Wildman–Crippen LogP) is 2.81. The Balaban J connectivity index is 1.71. The van der Waals surface area contributed by atoms with Crippen LogP contribution in [0, 0.1) is 5.92 Å². The minimum Gasteiger partial charge on any atom is -0.379 e. The molecule has 18 heavy (non-hydrogen) atoms. The predicted molar refractivity (Wildman–Crippen MR) is 75.4 cm³/mol. The standard InChI is InChI=1S/C13H16BrN3O/c14-10-3-4-12-11(7-10)16-13(15)17(12)5-6-18-8-9-1-2-9/h3-4,7,9H,1-2,5-6,8H2,(H2,15,16). The first-order valence-corrected chi connectivity index (χ1v) is 7.02. The molecule has 0 aliphatic heterocycles. The van der Waals surface area contributed by atoms with Gasteiger partial charge in [0.05, 0.1) is 17.6 Å². The van der Waals surface area contributed by atoms with Gasteiger partial charge in [0.2, 0.25) is 5.95 Å². The van der Waals surface area contributed by atoms with Gasteiger partial charge in [-0.05, 0) is 37.0 Å². The summed E-state index contributed by atoms with van der Waals surface area (Å²) < 4.78 is 8.67. The summed E-state index contributed by atoms with van der Waals surface area (Å²) >= 11 is 3.44. The van der Waals surface area contributed by atoms with E-state index in [0.29, 0.717) is 12.6 Å². The Bertz CT molecular complexity index is 563. The van der Waals surface area contributed by atoms with E-state index in [1.54, 1.807) is 0 Å². The summed E-state index contributed by atoms with van der Waals surface area (Å²) in [5.74, 6) is 1.36. The van der Waals surface area contributed by atoms with Crippen LogP contribution in [0.4, 0.5) is 5.95 Å². The quantitative estimate of drug-likeness (QED) is 0.864. The Morgan fingerprint density at radius 1 is 1.44 bits per heavy atom. The van der Waals surface area contributed by atoms with E-state index in [1.165, 1.54) is 12.8 Å². The van der Waals surface area contributed by atoms with Gasteiger partial charge in [0.25, 0.3) is 0 Å². The van der Waals surface area contributed by atoms with Gasteiger partial charge in [-0.1, -0.05) is 15.9 Å². The second kappa shape index (κ2) is 4.90. The van der Waals surface area contributed by atoms with Crippen LogP contribution < -0.4 is 5.73 Å². The van der Waals surface area contributed by atoms with Crippen LogP contribution in [0.25, 0.3) is 11.0 Å². The lowest BCUT2D eigenvalue weighted by Gasteiger charge is -2.07. The first-order valence-electron chi connectivity index (χ1n) is 6.23. The summed E-state index contributed by atoms with van der Waals surface area (Å²) in [4.78, 5) is 4.36. The number of nitrogens with zero attached hydrogens (tertiary/aromatic N) is 2. The lowest BCUT2D eigenvalue weighted by molar-refractivity contribution is 0.118. The fraction of sp³-hybridized carbons (Fsp3) is 0.462. The maximum atomic E-state index is 5.94. The molecule has 1 fully saturated rings. The topological polar surface area (TPSA) is 53.1 Å². The number of rotatable bonds is 5. The highest BCUT2D eigenvalue weighted by molar-refractivity contribution is 9.10. The molecule has 1 aromatic heterocycles. The molecule has 1 heterocycles. The van der Waals surface area contributed by atoms with E-state index >= 15 is 0 Å². The summed E-state index contributed by atoms with van der Waals surface area (Å²) in [6.45, 7) is 2.34. The van der Waals surface area contributed by atoms with Crippen LogP contribution in [-0.4, -0.2) is 22.8 Å². The third-order valence-corrected chi connectivity index (χ3v) is 3.74. The summed E-state index contributed by atoms with van der Waals surface area (Å²) in [5, 5.41) is 0. The second-order valence-corrected chi connectivity index (χ2v) is 5.69. The van der Waals surface area contributed by atoms with Gasteiger partial charge in [0.1, 0.15) is 0 Å². The number of aromatic nitrogens is 2. The molecule has 0 atom stereocenters. The van der Waals surface area contributed by atoms with E-state index in [1.807, 2.05) is 22.8 Å². The van der Waals surface area contributed by atoms with Gasteiger partial charge in [-0.3, -0.25) is 0 Å². The Kier molecular flexibility index (Phi) is 3.26. The second-order valence-electron chi connectivity index (χ2n) is 4.77. The van der Waals surface area contributed by atoms with Gasteiger partial charge in [0, 0.05) is 17.6 Å². The van der Waals surface area contributed by atoms with E-state index in [4.69, 9.17) is 10.5 Å². The molecule has 0 amide bonds. The van der Waals surface area contributed by atoms with Crippen LogP contribution in [0.1, 0.15) is 12.8 Å². The van der Waals surface area contributed by atoms with Crippen LogP contribution in [0.5, 0.6) is 0 Å². The molecule has 1 aliphatic carbocycles. The molecule has 0 unspecified atom stereocenters. The zero-order valence-electron chi connectivity index (χ0n) is 10.1. The van der Waals surface area contributed by atoms with Crippen LogP contribution in [0.15, 0.2) is 22.7 Å². The Hall–Kier alpha value is -1.07. The number of benzene rings is 1. The van der Waals surface area contributed by atoms with Crippen LogP contribution in [-0.2, 0) is 11.3 Å². The number of ether oxygens (including phenoxy) is 1. The van der Waals surface area contributed by atoms with E-state index in [2.05, 4.69) is 20.9 Å². The summed E-state index contributed by atoms with van der Waals surface area (Å²) in [6.07, 6.45) is 2.65. The van der Waals surface area contributed by atoms with Crippen LogP contribution in [0.3, 0.4) is 0 Å². The number of nitrogens with two attached hydrogens (primary N) is 1. The first-order chi connectivity index (χ1) is 8.74. The number of fused-ring (bicyclic) bond motifs is 1. The minimum absolute atomic E-state index is 0.554. The van der Waals surface area contributed by atoms with Crippen molar-refractivity contribution in [2.24, 2.45) is 5.92 Å². The van der Waals surface area contributed by atoms with E-state index < -0.39 is 0 Å². The van der Waals surface area contributed by atoms with Crippen LogP contribution >= 0.6 is 15.9 Å². The van der Waals surface area contributed by atoms with Gasteiger partial charge >= 0.3 is 0 Å². The maximum Gasteiger partial charge on any atom is 0.201 e. The molecule has 0 spiro atoms. The number of nitrogen functional groups attached to an aromatic ring is 1. The smallest absolute Gasteiger partial charge is 0.201 e. The van der Waals surface area contributed by atoms with Crippen molar-refractivity contribution in [3.63, 3.8) is 0 Å². The molecule has 5 heteroatoms. The SMILES string of the molecule is Nc1nc2cc(Br)ccc2n1CCOCC1CC1. The number of hydrogen-bond donors (Lipinski definition) is 1. The molecule has 2 N–H and O–H groups in total. The third kappa shape index (κ3) is 2.52. The lowest BCUT2D eigenvalue weighted by atomic mass is 10.3. The molecule has 1 saturated carbocycles. The summed E-state index contributed by atoms with van der Waals surface area (Å²) in [7, 11) is 0. The van der Waals surface area contributed by atoms with Crippen molar-refractivity contribution >= 4 is 32.9 Å². The van der Waals surface area contributed by atoms with E-state index in [9.17, 15) is 0 Å².